The molecule has 0 bridgehead atoms. The van der Waals surface area contributed by atoms with Crippen molar-refractivity contribution < 1.29 is 31.5 Å². The van der Waals surface area contributed by atoms with E-state index in [4.69, 9.17) is 5.11 Å². The first-order valence-corrected chi connectivity index (χ1v) is 9.15. The van der Waals surface area contributed by atoms with E-state index in [0.717, 1.165) is 18.2 Å². The number of sulfonamides is 1. The van der Waals surface area contributed by atoms with Gasteiger partial charge in [-0.1, -0.05) is 42.5 Å². The summed E-state index contributed by atoms with van der Waals surface area (Å²) in [7, 11) is -3.97. The summed E-state index contributed by atoms with van der Waals surface area (Å²) in [5.41, 5.74) is -0.579. The quantitative estimate of drug-likeness (QED) is 0.763. The molecule has 2 aromatic carbocycles. The number of nitrogens with one attached hydrogen (secondary N) is 1. The van der Waals surface area contributed by atoms with Crippen LogP contribution in [0.1, 0.15) is 29.2 Å². The van der Waals surface area contributed by atoms with Gasteiger partial charge >= 0.3 is 12.1 Å². The number of hydrogen-bond acceptors (Lipinski definition) is 3. The number of halogens is 3. The molecule has 0 aliphatic heterocycles. The molecule has 1 unspecified atom stereocenters. The molecule has 5 nitrogen and oxygen atoms in total. The highest BCUT2D eigenvalue weighted by atomic mass is 32.2. The highest BCUT2D eigenvalue weighted by molar-refractivity contribution is 7.88. The Kier molecular flexibility index (Phi) is 6.04. The van der Waals surface area contributed by atoms with Crippen LogP contribution in [0.4, 0.5) is 13.2 Å². The summed E-state index contributed by atoms with van der Waals surface area (Å²) in [5, 5.41) is 9.00. The minimum Gasteiger partial charge on any atom is -0.481 e. The van der Waals surface area contributed by atoms with Crippen molar-refractivity contribution in [2.45, 2.75) is 24.4 Å². The molecule has 0 saturated heterocycles. The largest absolute Gasteiger partial charge is 0.481 e. The Balaban J connectivity index is 2.29. The highest BCUT2D eigenvalue weighted by Gasteiger charge is 2.31. The second-order valence-electron chi connectivity index (χ2n) is 5.64. The summed E-state index contributed by atoms with van der Waals surface area (Å²) in [4.78, 5) is 11.1. The first-order valence-electron chi connectivity index (χ1n) is 7.50. The summed E-state index contributed by atoms with van der Waals surface area (Å²) in [5.74, 6) is -1.75. The van der Waals surface area contributed by atoms with Crippen LogP contribution in [0.25, 0.3) is 0 Å². The minimum atomic E-state index is -4.62. The zero-order chi connectivity index (χ0) is 19.4. The van der Waals surface area contributed by atoms with E-state index in [1.807, 2.05) is 0 Å². The van der Waals surface area contributed by atoms with E-state index in [2.05, 4.69) is 4.72 Å². The molecule has 1 atom stereocenters. The van der Waals surface area contributed by atoms with Crippen molar-refractivity contribution in [3.63, 3.8) is 0 Å². The third kappa shape index (κ3) is 5.85. The standard InChI is InChI=1S/C17H16F3NO4S/c18-17(19,20)14-8-4-7-13(9-14)15(10-16(22)23)21-26(24,25)11-12-5-2-1-3-6-12/h1-9,15,21H,10-11H2,(H,22,23). The Labute approximate surface area is 148 Å². The molecular weight excluding hydrogens is 371 g/mol. The van der Waals surface area contributed by atoms with E-state index in [0.29, 0.717) is 5.56 Å². The predicted molar refractivity (Wildman–Crippen MR) is 88.6 cm³/mol. The number of carboxylic acid groups (broad SMARTS) is 1. The van der Waals surface area contributed by atoms with Gasteiger partial charge in [-0.3, -0.25) is 4.79 Å². The topological polar surface area (TPSA) is 83.5 Å². The Bertz CT molecular complexity index is 867. The molecule has 0 aromatic heterocycles. The van der Waals surface area contributed by atoms with Gasteiger partial charge in [0.15, 0.2) is 0 Å². The van der Waals surface area contributed by atoms with Gasteiger partial charge in [0.1, 0.15) is 0 Å². The first kappa shape index (κ1) is 19.9. The SMILES string of the molecule is O=C(O)CC(NS(=O)(=O)Cc1ccccc1)c1cccc(C(F)(F)F)c1. The van der Waals surface area contributed by atoms with Crippen LogP contribution in [0.3, 0.4) is 0 Å². The number of rotatable bonds is 7. The summed E-state index contributed by atoms with van der Waals surface area (Å²) < 4.78 is 65.4. The van der Waals surface area contributed by atoms with E-state index in [1.54, 1.807) is 30.3 Å². The number of aliphatic carboxylic acids is 1. The second-order valence-corrected chi connectivity index (χ2v) is 7.39. The molecule has 0 aliphatic rings. The summed E-state index contributed by atoms with van der Waals surface area (Å²) >= 11 is 0. The van der Waals surface area contributed by atoms with Gasteiger partial charge in [0.05, 0.1) is 23.8 Å². The van der Waals surface area contributed by atoms with Gasteiger partial charge in [0.25, 0.3) is 0 Å². The van der Waals surface area contributed by atoms with Crippen LogP contribution in [0.2, 0.25) is 0 Å². The lowest BCUT2D eigenvalue weighted by Gasteiger charge is -2.19. The molecule has 2 N–H and O–H groups in total. The highest BCUT2D eigenvalue weighted by Crippen LogP contribution is 2.31. The normalized spacial score (nSPS) is 13.3. The molecule has 0 heterocycles. The van der Waals surface area contributed by atoms with E-state index in [-0.39, 0.29) is 5.56 Å². The predicted octanol–water partition coefficient (Wildman–Crippen LogP) is 3.34. The Morgan fingerprint density at radius 1 is 1.08 bits per heavy atom. The average molecular weight is 387 g/mol. The lowest BCUT2D eigenvalue weighted by Crippen LogP contribution is -2.31. The Hall–Kier alpha value is -2.39. The zero-order valence-corrected chi connectivity index (χ0v) is 14.2. The lowest BCUT2D eigenvalue weighted by molar-refractivity contribution is -0.138. The molecule has 2 aromatic rings. The number of alkyl halides is 3. The molecule has 0 amide bonds. The van der Waals surface area contributed by atoms with Crippen molar-refractivity contribution >= 4 is 16.0 Å². The zero-order valence-electron chi connectivity index (χ0n) is 13.4. The van der Waals surface area contributed by atoms with Gasteiger partial charge in [-0.05, 0) is 23.3 Å². The fraction of sp³-hybridized carbons (Fsp3) is 0.235. The van der Waals surface area contributed by atoms with Crippen molar-refractivity contribution in [3.8, 4) is 0 Å². The number of carboxylic acids is 1. The van der Waals surface area contributed by atoms with Crippen LogP contribution >= 0.6 is 0 Å². The van der Waals surface area contributed by atoms with Crippen LogP contribution in [0, 0.1) is 0 Å². The van der Waals surface area contributed by atoms with E-state index >= 15 is 0 Å². The molecule has 140 valence electrons. The van der Waals surface area contributed by atoms with Crippen molar-refractivity contribution in [2.75, 3.05) is 0 Å². The second kappa shape index (κ2) is 7.88. The molecule has 0 saturated carbocycles. The summed E-state index contributed by atoms with van der Waals surface area (Å²) in [6, 6.07) is 10.8. The molecule has 0 radical (unpaired) electrons. The van der Waals surface area contributed by atoms with Crippen molar-refractivity contribution in [2.24, 2.45) is 0 Å². The van der Waals surface area contributed by atoms with Crippen LogP contribution < -0.4 is 4.72 Å². The average Bonchev–Trinajstić information content (AvgIpc) is 2.53. The molecule has 0 spiro atoms. The van der Waals surface area contributed by atoms with Crippen LogP contribution in [0.5, 0.6) is 0 Å². The van der Waals surface area contributed by atoms with Crippen molar-refractivity contribution in [3.05, 3.63) is 71.3 Å². The monoisotopic (exact) mass is 387 g/mol. The fourth-order valence-electron chi connectivity index (χ4n) is 2.39. The van der Waals surface area contributed by atoms with Crippen LogP contribution in [0.15, 0.2) is 54.6 Å². The van der Waals surface area contributed by atoms with Gasteiger partial charge in [0, 0.05) is 0 Å². The summed E-state index contributed by atoms with van der Waals surface area (Å²) in [6.07, 6.45) is -5.30. The number of carbonyl (C=O) groups is 1. The van der Waals surface area contributed by atoms with E-state index in [1.165, 1.54) is 6.07 Å². The maximum atomic E-state index is 12.9. The number of hydrogen-bond donors (Lipinski definition) is 2. The smallest absolute Gasteiger partial charge is 0.416 e. The third-order valence-corrected chi connectivity index (χ3v) is 4.87. The molecule has 2 rings (SSSR count). The minimum absolute atomic E-state index is 0.0705. The van der Waals surface area contributed by atoms with Gasteiger partial charge in [-0.15, -0.1) is 0 Å². The Morgan fingerprint density at radius 2 is 1.73 bits per heavy atom. The fourth-order valence-corrected chi connectivity index (χ4v) is 3.75. The number of benzene rings is 2. The molecule has 26 heavy (non-hydrogen) atoms. The third-order valence-electron chi connectivity index (χ3n) is 3.52. The lowest BCUT2D eigenvalue weighted by atomic mass is 10.0. The molecule has 9 heteroatoms. The van der Waals surface area contributed by atoms with Crippen LogP contribution in [-0.2, 0) is 26.7 Å². The van der Waals surface area contributed by atoms with Gasteiger partial charge in [-0.25, -0.2) is 13.1 Å². The molecular formula is C17H16F3NO4S. The molecule has 0 aliphatic carbocycles. The first-order chi connectivity index (χ1) is 12.1. The Morgan fingerprint density at radius 3 is 2.31 bits per heavy atom. The molecule has 0 fully saturated rings. The van der Waals surface area contributed by atoms with Gasteiger partial charge < -0.3 is 5.11 Å². The maximum absolute atomic E-state index is 12.9. The maximum Gasteiger partial charge on any atom is 0.416 e. The van der Waals surface area contributed by atoms with Crippen molar-refractivity contribution in [1.82, 2.24) is 4.72 Å². The van der Waals surface area contributed by atoms with Crippen molar-refractivity contribution in [1.29, 1.82) is 0 Å². The van der Waals surface area contributed by atoms with Gasteiger partial charge in [0.2, 0.25) is 10.0 Å². The van der Waals surface area contributed by atoms with Gasteiger partial charge in [-0.2, -0.15) is 13.2 Å². The van der Waals surface area contributed by atoms with E-state index in [9.17, 15) is 26.4 Å². The summed E-state index contributed by atoms with van der Waals surface area (Å²) in [6.45, 7) is 0. The van der Waals surface area contributed by atoms with Crippen LogP contribution in [-0.4, -0.2) is 19.5 Å². The van der Waals surface area contributed by atoms with E-state index < -0.39 is 45.9 Å².